The van der Waals surface area contributed by atoms with Gasteiger partial charge >= 0.3 is 181 Å². The Morgan fingerprint density at radius 2 is 1.41 bits per heavy atom. The van der Waals surface area contributed by atoms with Gasteiger partial charge in [-0.05, 0) is 0 Å². The van der Waals surface area contributed by atoms with Gasteiger partial charge in [0.1, 0.15) is 0 Å². The van der Waals surface area contributed by atoms with Crippen LogP contribution in [0.25, 0.3) is 0 Å². The van der Waals surface area contributed by atoms with E-state index in [1.807, 2.05) is 0 Å². The molecule has 2 aliphatic heterocycles. The molecule has 0 saturated heterocycles. The Morgan fingerprint density at radius 1 is 0.724 bits per heavy atom. The van der Waals surface area contributed by atoms with Crippen LogP contribution in [0.1, 0.15) is 0 Å². The Morgan fingerprint density at radius 3 is 2.21 bits per heavy atom. The summed E-state index contributed by atoms with van der Waals surface area (Å²) in [5.41, 5.74) is 3.39. The van der Waals surface area contributed by atoms with Gasteiger partial charge in [-0.1, -0.05) is 0 Å². The minimum absolute atomic E-state index is 0.149. The predicted molar refractivity (Wildman–Crippen MR) is 120 cm³/mol. The van der Waals surface area contributed by atoms with Crippen molar-refractivity contribution < 1.29 is 3.73 Å². The summed E-state index contributed by atoms with van der Waals surface area (Å²) < 4.78 is 12.1. The van der Waals surface area contributed by atoms with E-state index in [2.05, 4.69) is 96.3 Å². The Balaban J connectivity index is 1.50. The third kappa shape index (κ3) is 2.97. The van der Waals surface area contributed by atoms with Gasteiger partial charge in [0.25, 0.3) is 0 Å². The maximum absolute atomic E-state index is 6.89. The third-order valence-electron chi connectivity index (χ3n) is 5.04. The zero-order valence-corrected chi connectivity index (χ0v) is 19.2. The quantitative estimate of drug-likeness (QED) is 0.380. The second-order valence-electron chi connectivity index (χ2n) is 6.88. The number of para-hydroxylation sites is 3. The fourth-order valence-corrected chi connectivity index (χ4v) is 10.4. The molecule has 6 rings (SSSR count). The van der Waals surface area contributed by atoms with Gasteiger partial charge in [0.15, 0.2) is 0 Å². The molecule has 1 N–H and O–H groups in total. The molecule has 2 aliphatic rings. The van der Waals surface area contributed by atoms with Crippen molar-refractivity contribution in [3.63, 3.8) is 0 Å². The van der Waals surface area contributed by atoms with Crippen molar-refractivity contribution >= 4 is 60.4 Å². The molecule has 0 aliphatic carbocycles. The predicted octanol–water partition coefficient (Wildman–Crippen LogP) is 2.47. The zero-order chi connectivity index (χ0) is 19.2. The number of hydrogen-bond acceptors (Lipinski definition) is 3. The molecular formula is C24H16As2N2O. The molecule has 0 aromatic heterocycles. The number of hydrogen-bond donors (Lipinski definition) is 1. The summed E-state index contributed by atoms with van der Waals surface area (Å²) in [5, 5.41) is 4.68. The van der Waals surface area contributed by atoms with Gasteiger partial charge in [0.2, 0.25) is 0 Å². The SMILES string of the molecule is c1ccc2c(c1)Nc1ccccc1[As]2Oc1cccc2c1[As]=c1ccccc1=N2. The number of anilines is 2. The summed E-state index contributed by atoms with van der Waals surface area (Å²) in [4.78, 5) is 4.90. The maximum atomic E-state index is 6.89. The molecule has 0 bridgehead atoms. The van der Waals surface area contributed by atoms with Crippen molar-refractivity contribution in [1.29, 1.82) is 0 Å². The van der Waals surface area contributed by atoms with Crippen LogP contribution in [0.3, 0.4) is 0 Å². The molecular weight excluding hydrogens is 482 g/mol. The molecule has 0 radical (unpaired) electrons. The van der Waals surface area contributed by atoms with Crippen LogP contribution in [0.5, 0.6) is 5.75 Å². The first-order valence-corrected chi connectivity index (χ1v) is 14.0. The molecule has 5 heteroatoms. The van der Waals surface area contributed by atoms with Crippen LogP contribution < -0.4 is 27.5 Å². The van der Waals surface area contributed by atoms with Crippen LogP contribution >= 0.6 is 0 Å². The van der Waals surface area contributed by atoms with Crippen molar-refractivity contribution in [3.8, 4) is 5.75 Å². The van der Waals surface area contributed by atoms with Crippen LogP contribution in [-0.4, -0.2) is 30.3 Å². The summed E-state index contributed by atoms with van der Waals surface area (Å²) in [7, 11) is 0. The Hall–Kier alpha value is -2.60. The van der Waals surface area contributed by atoms with Gasteiger partial charge in [0, 0.05) is 0 Å². The van der Waals surface area contributed by atoms with E-state index in [1.165, 1.54) is 28.4 Å². The van der Waals surface area contributed by atoms with Crippen LogP contribution in [0.2, 0.25) is 0 Å². The van der Waals surface area contributed by atoms with E-state index in [-0.39, 0.29) is 15.3 Å². The summed E-state index contributed by atoms with van der Waals surface area (Å²) in [5.74, 6) is 1.01. The normalized spacial score (nSPS) is 14.1. The first kappa shape index (κ1) is 17.3. The summed E-state index contributed by atoms with van der Waals surface area (Å²) >= 11 is -2.11. The molecule has 3 nitrogen and oxygen atoms in total. The molecule has 0 saturated carbocycles. The van der Waals surface area contributed by atoms with E-state index in [1.54, 1.807) is 0 Å². The second-order valence-corrected chi connectivity index (χ2v) is 12.9. The van der Waals surface area contributed by atoms with Gasteiger partial charge in [0.05, 0.1) is 0 Å². The van der Waals surface area contributed by atoms with Crippen molar-refractivity contribution in [3.05, 3.63) is 100 Å². The molecule has 2 heterocycles. The van der Waals surface area contributed by atoms with Crippen LogP contribution in [0.4, 0.5) is 17.1 Å². The van der Waals surface area contributed by atoms with Crippen molar-refractivity contribution in [2.24, 2.45) is 4.99 Å². The van der Waals surface area contributed by atoms with Crippen LogP contribution in [-0.2, 0) is 0 Å². The first-order valence-electron chi connectivity index (χ1n) is 9.45. The Kier molecular flexibility index (Phi) is 4.18. The summed E-state index contributed by atoms with van der Waals surface area (Å²) in [6.07, 6.45) is 0. The van der Waals surface area contributed by atoms with Crippen molar-refractivity contribution in [2.45, 2.75) is 0 Å². The third-order valence-corrected chi connectivity index (χ3v) is 12.0. The molecule has 29 heavy (non-hydrogen) atoms. The molecule has 0 spiro atoms. The molecule has 138 valence electrons. The second kappa shape index (κ2) is 7.02. The van der Waals surface area contributed by atoms with Crippen LogP contribution in [0, 0.1) is 3.95 Å². The van der Waals surface area contributed by atoms with Gasteiger partial charge in [-0.3, -0.25) is 0 Å². The molecule has 4 aromatic carbocycles. The van der Waals surface area contributed by atoms with Gasteiger partial charge in [-0.2, -0.15) is 0 Å². The molecule has 0 atom stereocenters. The Labute approximate surface area is 179 Å². The monoisotopic (exact) mass is 498 g/mol. The summed E-state index contributed by atoms with van der Waals surface area (Å²) in [6, 6.07) is 31.9. The number of fused-ring (bicyclic) bond motifs is 4. The van der Waals surface area contributed by atoms with Crippen molar-refractivity contribution in [2.75, 3.05) is 5.32 Å². The number of nitrogens with one attached hydrogen (secondary N) is 1. The Bertz CT molecular complexity index is 1340. The van der Waals surface area contributed by atoms with Gasteiger partial charge in [-0.25, -0.2) is 0 Å². The van der Waals surface area contributed by atoms with Gasteiger partial charge in [-0.15, -0.1) is 0 Å². The average molecular weight is 498 g/mol. The van der Waals surface area contributed by atoms with Crippen LogP contribution in [0.15, 0.2) is 96.0 Å². The average Bonchev–Trinajstić information content (AvgIpc) is 2.78. The molecule has 0 unspecified atom stereocenters. The topological polar surface area (TPSA) is 33.6 Å². The van der Waals surface area contributed by atoms with E-state index in [0.29, 0.717) is 0 Å². The molecule has 4 aromatic rings. The van der Waals surface area contributed by atoms with Crippen molar-refractivity contribution in [1.82, 2.24) is 0 Å². The van der Waals surface area contributed by atoms with E-state index >= 15 is 0 Å². The first-order chi connectivity index (χ1) is 14.4. The van der Waals surface area contributed by atoms with Gasteiger partial charge < -0.3 is 0 Å². The fourth-order valence-electron chi connectivity index (χ4n) is 3.67. The fraction of sp³-hybridized carbons (Fsp3) is 0. The van der Waals surface area contributed by atoms with E-state index in [4.69, 9.17) is 8.72 Å². The zero-order valence-electron chi connectivity index (χ0n) is 15.4. The minimum atomic E-state index is -1.96. The molecule has 0 fully saturated rings. The number of nitrogens with zero attached hydrogens (tertiary/aromatic N) is 1. The van der Waals surface area contributed by atoms with E-state index < -0.39 is 15.0 Å². The standard InChI is InChI=1S/C24H16As2N2O/c1-4-11-19-16(8-1)25-24-22(27-19)14-7-15-23(24)29-26-17-9-2-5-12-20(17)28-21-13-6-3-10-18(21)26/h1-15,28H. The summed E-state index contributed by atoms with van der Waals surface area (Å²) in [6.45, 7) is 0. The van der Waals surface area contributed by atoms with E-state index in [9.17, 15) is 0 Å². The molecule has 0 amide bonds. The number of rotatable bonds is 2. The number of benzene rings is 4. The van der Waals surface area contributed by atoms with E-state index in [0.717, 1.165) is 16.8 Å².